The Kier molecular flexibility index (Phi) is 6.39. The van der Waals surface area contributed by atoms with Gasteiger partial charge in [0.1, 0.15) is 17.1 Å². The topological polar surface area (TPSA) is 92.3 Å². The maximum atomic E-state index is 13.1. The Morgan fingerprint density at radius 1 is 1.24 bits per heavy atom. The zero-order valence-corrected chi connectivity index (χ0v) is 17.3. The number of ketones is 1. The Hall–Kier alpha value is -3.06. The number of carbonyl (C=O) groups excluding carboxylic acids is 1. The highest BCUT2D eigenvalue weighted by atomic mass is 32.2. The van der Waals surface area contributed by atoms with Crippen LogP contribution in [0.15, 0.2) is 52.4 Å². The van der Waals surface area contributed by atoms with Gasteiger partial charge in [0.2, 0.25) is 0 Å². The number of carbonyl (C=O) groups is 1. The van der Waals surface area contributed by atoms with E-state index in [9.17, 15) is 14.7 Å². The fourth-order valence-electron chi connectivity index (χ4n) is 3.09. The minimum absolute atomic E-state index is 0.113. The molecule has 0 amide bonds. The van der Waals surface area contributed by atoms with Crippen molar-refractivity contribution in [2.75, 3.05) is 12.4 Å². The predicted octanol–water partition coefficient (Wildman–Crippen LogP) is 4.52. The van der Waals surface area contributed by atoms with E-state index in [-0.39, 0.29) is 28.3 Å². The zero-order valence-electron chi connectivity index (χ0n) is 16.5. The average molecular weight is 410 g/mol. The third kappa shape index (κ3) is 4.35. The maximum absolute atomic E-state index is 13.1. The van der Waals surface area contributed by atoms with Crippen LogP contribution in [-0.4, -0.2) is 33.2 Å². The third-order valence-electron chi connectivity index (χ3n) is 4.25. The number of ether oxygens (including phenoxy) is 1. The first kappa shape index (κ1) is 20.7. The number of rotatable bonds is 7. The van der Waals surface area contributed by atoms with Gasteiger partial charge in [0.15, 0.2) is 11.2 Å². The normalized spacial score (nSPS) is 10.7. The molecular weight excluding hydrogens is 388 g/mol. The predicted molar refractivity (Wildman–Crippen MR) is 115 cm³/mol. The number of thioether (sulfide) groups is 1. The average Bonchev–Trinajstić information content (AvgIpc) is 2.68. The monoisotopic (exact) mass is 410 g/mol. The van der Waals surface area contributed by atoms with Crippen LogP contribution in [0.3, 0.4) is 0 Å². The number of Topliss-reactive ketones (excluding diaryl/α,β-unsaturated/α-hetero) is 1. The summed E-state index contributed by atoms with van der Waals surface area (Å²) in [5, 5.41) is 11.1. The van der Waals surface area contributed by atoms with Gasteiger partial charge in [0.05, 0.1) is 28.6 Å². The first-order valence-corrected chi connectivity index (χ1v) is 10.3. The van der Waals surface area contributed by atoms with Crippen LogP contribution in [0.1, 0.15) is 31.1 Å². The fourth-order valence-corrected chi connectivity index (χ4v) is 3.92. The van der Waals surface area contributed by atoms with Crippen molar-refractivity contribution in [2.45, 2.75) is 25.8 Å². The van der Waals surface area contributed by atoms with Crippen LogP contribution in [0.2, 0.25) is 0 Å². The van der Waals surface area contributed by atoms with Crippen molar-refractivity contribution in [1.29, 1.82) is 0 Å². The summed E-state index contributed by atoms with van der Waals surface area (Å²) in [5.74, 6) is 0.486. The van der Waals surface area contributed by atoms with Crippen LogP contribution < -0.4 is 10.2 Å². The number of aromatic nitrogens is 2. The smallest absolute Gasteiger partial charge is 0.191 e. The molecule has 0 spiro atoms. The molecule has 0 fully saturated rings. The molecule has 0 aliphatic rings. The van der Waals surface area contributed by atoms with Crippen molar-refractivity contribution < 1.29 is 14.6 Å². The Balaban J connectivity index is 2.23. The molecule has 3 aromatic rings. The highest BCUT2D eigenvalue weighted by Crippen LogP contribution is 2.37. The minimum Gasteiger partial charge on any atom is -0.507 e. The number of phenolic OH excluding ortho intramolecular Hbond substituents is 1. The van der Waals surface area contributed by atoms with E-state index in [4.69, 9.17) is 4.74 Å². The Morgan fingerprint density at radius 3 is 2.66 bits per heavy atom. The van der Waals surface area contributed by atoms with Crippen molar-refractivity contribution in [3.8, 4) is 34.0 Å². The molecule has 2 heterocycles. The number of phenols is 1. The van der Waals surface area contributed by atoms with Crippen LogP contribution in [0.5, 0.6) is 11.5 Å². The first-order chi connectivity index (χ1) is 14.0. The fraction of sp³-hybridized carbons (Fsp3) is 0.227. The maximum Gasteiger partial charge on any atom is 0.191 e. The Morgan fingerprint density at radius 2 is 2.03 bits per heavy atom. The van der Waals surface area contributed by atoms with Gasteiger partial charge in [-0.1, -0.05) is 13.0 Å². The molecule has 29 heavy (non-hydrogen) atoms. The van der Waals surface area contributed by atoms with E-state index in [1.807, 2.05) is 25.1 Å². The van der Waals surface area contributed by atoms with Crippen molar-refractivity contribution in [2.24, 2.45) is 0 Å². The van der Waals surface area contributed by atoms with Crippen LogP contribution in [0, 0.1) is 0 Å². The summed E-state index contributed by atoms with van der Waals surface area (Å²) in [7, 11) is 0. The number of aromatic amines is 1. The second-order valence-corrected chi connectivity index (χ2v) is 7.53. The zero-order chi connectivity index (χ0) is 21.0. The Labute approximate surface area is 173 Å². The van der Waals surface area contributed by atoms with Gasteiger partial charge < -0.3 is 14.8 Å². The Bertz CT molecular complexity index is 1090. The molecule has 2 N–H and O–H groups in total. The highest BCUT2D eigenvalue weighted by Gasteiger charge is 2.20. The lowest BCUT2D eigenvalue weighted by Crippen LogP contribution is -2.10. The standard InChI is InChI=1S/C22H22N2O4S/c1-4-28-19-11-14(10-17(26)20(19)13(3)25)21-18(27)12-16(24-22(21)29-5-2)15-8-6-7-9-23-15/h6-12,26H,4-5H2,1-3H3,(H,24,27). The second-order valence-electron chi connectivity index (χ2n) is 6.26. The number of pyridine rings is 2. The number of benzene rings is 1. The van der Waals surface area contributed by atoms with Gasteiger partial charge >= 0.3 is 0 Å². The molecule has 0 saturated carbocycles. The van der Waals surface area contributed by atoms with E-state index < -0.39 is 0 Å². The number of H-pyrrole nitrogens is 1. The number of aromatic hydroxyl groups is 1. The quantitative estimate of drug-likeness (QED) is 0.439. The number of hydrogen-bond acceptors (Lipinski definition) is 6. The molecule has 0 unspecified atom stereocenters. The molecule has 0 aliphatic heterocycles. The van der Waals surface area contributed by atoms with Gasteiger partial charge in [-0.15, -0.1) is 11.8 Å². The summed E-state index contributed by atoms with van der Waals surface area (Å²) in [5.41, 5.74) is 2.09. The van der Waals surface area contributed by atoms with E-state index in [1.54, 1.807) is 19.2 Å². The second kappa shape index (κ2) is 8.96. The van der Waals surface area contributed by atoms with E-state index in [1.165, 1.54) is 30.8 Å². The molecule has 1 aromatic carbocycles. The lowest BCUT2D eigenvalue weighted by molar-refractivity contribution is 0.101. The summed E-state index contributed by atoms with van der Waals surface area (Å²) in [6.07, 6.45) is 1.67. The number of nitrogens with zero attached hydrogens (tertiary/aromatic N) is 1. The van der Waals surface area contributed by atoms with Gasteiger partial charge in [-0.25, -0.2) is 0 Å². The summed E-state index contributed by atoms with van der Waals surface area (Å²) in [6.45, 7) is 5.47. The number of hydrogen-bond donors (Lipinski definition) is 2. The lowest BCUT2D eigenvalue weighted by atomic mass is 10.0. The molecule has 7 heteroatoms. The van der Waals surface area contributed by atoms with Crippen LogP contribution in [-0.2, 0) is 0 Å². The molecule has 0 saturated heterocycles. The summed E-state index contributed by atoms with van der Waals surface area (Å²) in [4.78, 5) is 32.6. The molecule has 0 atom stereocenters. The highest BCUT2D eigenvalue weighted by molar-refractivity contribution is 7.99. The van der Waals surface area contributed by atoms with Crippen molar-refractivity contribution in [1.82, 2.24) is 9.97 Å². The van der Waals surface area contributed by atoms with Crippen LogP contribution >= 0.6 is 11.8 Å². The summed E-state index contributed by atoms with van der Waals surface area (Å²) >= 11 is 1.48. The molecule has 0 aliphatic carbocycles. The van der Waals surface area contributed by atoms with Crippen LogP contribution in [0.25, 0.3) is 22.5 Å². The summed E-state index contributed by atoms with van der Waals surface area (Å²) < 4.78 is 5.56. The van der Waals surface area contributed by atoms with Gasteiger partial charge in [-0.05, 0) is 49.4 Å². The van der Waals surface area contributed by atoms with Crippen molar-refractivity contribution in [3.05, 3.63) is 58.4 Å². The van der Waals surface area contributed by atoms with Crippen LogP contribution in [0.4, 0.5) is 0 Å². The van der Waals surface area contributed by atoms with E-state index in [0.717, 1.165) is 5.75 Å². The lowest BCUT2D eigenvalue weighted by Gasteiger charge is -2.15. The minimum atomic E-state index is -0.305. The van der Waals surface area contributed by atoms with Crippen molar-refractivity contribution >= 4 is 17.5 Å². The van der Waals surface area contributed by atoms with Crippen molar-refractivity contribution in [3.63, 3.8) is 0 Å². The van der Waals surface area contributed by atoms with Gasteiger partial charge in [-0.3, -0.25) is 14.6 Å². The number of nitrogens with one attached hydrogen (secondary N) is 1. The van der Waals surface area contributed by atoms with E-state index >= 15 is 0 Å². The van der Waals surface area contributed by atoms with Gasteiger partial charge in [-0.2, -0.15) is 0 Å². The molecular formula is C22H22N2O4S. The largest absolute Gasteiger partial charge is 0.507 e. The first-order valence-electron chi connectivity index (χ1n) is 9.28. The summed E-state index contributed by atoms with van der Waals surface area (Å²) in [6, 6.07) is 10.1. The van der Waals surface area contributed by atoms with Gasteiger partial charge in [0.25, 0.3) is 0 Å². The molecule has 150 valence electrons. The third-order valence-corrected chi connectivity index (χ3v) is 5.13. The molecule has 0 bridgehead atoms. The molecule has 0 radical (unpaired) electrons. The SMILES string of the molecule is CCOc1cc(-c2c(SCC)[nH]c(-c3ccccn3)cc2=O)cc(O)c1C(C)=O. The molecule has 3 rings (SSSR count). The molecule has 2 aromatic heterocycles. The van der Waals surface area contributed by atoms with Gasteiger partial charge in [0, 0.05) is 12.3 Å². The molecule has 6 nitrogen and oxygen atoms in total. The van der Waals surface area contributed by atoms with E-state index in [2.05, 4.69) is 9.97 Å². The van der Waals surface area contributed by atoms with E-state index in [0.29, 0.717) is 34.1 Å².